The zero-order valence-corrected chi connectivity index (χ0v) is 11.2. The molecule has 0 bridgehead atoms. The summed E-state index contributed by atoms with van der Waals surface area (Å²) in [5, 5.41) is 12.4. The van der Waals surface area contributed by atoms with Gasteiger partial charge < -0.3 is 9.67 Å². The van der Waals surface area contributed by atoms with Gasteiger partial charge in [-0.15, -0.1) is 11.3 Å². The van der Waals surface area contributed by atoms with E-state index in [1.165, 1.54) is 0 Å². The van der Waals surface area contributed by atoms with Gasteiger partial charge in [0.1, 0.15) is 6.04 Å². The molecule has 0 amide bonds. The highest BCUT2D eigenvalue weighted by molar-refractivity contribution is 7.13. The number of benzene rings is 1. The van der Waals surface area contributed by atoms with Crippen molar-refractivity contribution in [3.8, 4) is 10.6 Å². The van der Waals surface area contributed by atoms with E-state index < -0.39 is 12.0 Å². The van der Waals surface area contributed by atoms with Crippen molar-refractivity contribution < 1.29 is 9.90 Å². The number of fused-ring (bicyclic) bond motifs is 1. The van der Waals surface area contributed by atoms with Gasteiger partial charge in [-0.2, -0.15) is 0 Å². The van der Waals surface area contributed by atoms with Crippen molar-refractivity contribution in [3.63, 3.8) is 0 Å². The molecule has 1 unspecified atom stereocenters. The highest BCUT2D eigenvalue weighted by atomic mass is 32.1. The minimum Gasteiger partial charge on any atom is -0.480 e. The van der Waals surface area contributed by atoms with E-state index in [2.05, 4.69) is 6.07 Å². The van der Waals surface area contributed by atoms with Crippen LogP contribution in [0.15, 0.2) is 47.8 Å². The summed E-state index contributed by atoms with van der Waals surface area (Å²) in [6.07, 6.45) is 0. The molecule has 0 aliphatic heterocycles. The number of hydrogen-bond acceptors (Lipinski definition) is 2. The van der Waals surface area contributed by atoms with Gasteiger partial charge in [0.25, 0.3) is 0 Å². The SMILES string of the molecule is CC(C(=O)O)n1c(-c2cccs2)cc2ccccc21. The molecule has 0 aliphatic carbocycles. The van der Waals surface area contributed by atoms with E-state index in [1.54, 1.807) is 18.3 Å². The topological polar surface area (TPSA) is 42.2 Å². The monoisotopic (exact) mass is 271 g/mol. The first-order valence-electron chi connectivity index (χ1n) is 6.05. The molecule has 0 spiro atoms. The second kappa shape index (κ2) is 4.55. The molecular formula is C15H13NO2S. The predicted molar refractivity (Wildman–Crippen MR) is 77.6 cm³/mol. The fourth-order valence-corrected chi connectivity index (χ4v) is 3.06. The van der Waals surface area contributed by atoms with E-state index in [1.807, 2.05) is 46.3 Å². The maximum Gasteiger partial charge on any atom is 0.326 e. The fraction of sp³-hybridized carbons (Fsp3) is 0.133. The van der Waals surface area contributed by atoms with Crippen LogP contribution in [0.5, 0.6) is 0 Å². The molecule has 2 heterocycles. The molecule has 96 valence electrons. The van der Waals surface area contributed by atoms with Gasteiger partial charge >= 0.3 is 5.97 Å². The summed E-state index contributed by atoms with van der Waals surface area (Å²) in [6.45, 7) is 1.71. The van der Waals surface area contributed by atoms with E-state index in [0.717, 1.165) is 21.5 Å². The summed E-state index contributed by atoms with van der Waals surface area (Å²) in [6, 6.07) is 13.3. The molecule has 0 saturated heterocycles. The predicted octanol–water partition coefficient (Wildman–Crippen LogP) is 4.02. The van der Waals surface area contributed by atoms with Gasteiger partial charge in [-0.05, 0) is 30.5 Å². The van der Waals surface area contributed by atoms with Crippen molar-refractivity contribution in [1.29, 1.82) is 0 Å². The summed E-state index contributed by atoms with van der Waals surface area (Å²) < 4.78 is 1.89. The molecule has 3 nitrogen and oxygen atoms in total. The molecule has 0 fully saturated rings. The summed E-state index contributed by atoms with van der Waals surface area (Å²) in [4.78, 5) is 12.4. The number of carbonyl (C=O) groups is 1. The summed E-state index contributed by atoms with van der Waals surface area (Å²) in [5.74, 6) is -0.820. The number of hydrogen-bond donors (Lipinski definition) is 1. The van der Waals surface area contributed by atoms with Crippen LogP contribution in [0.1, 0.15) is 13.0 Å². The van der Waals surface area contributed by atoms with Crippen molar-refractivity contribution in [3.05, 3.63) is 47.8 Å². The smallest absolute Gasteiger partial charge is 0.326 e. The Morgan fingerprint density at radius 2 is 2.05 bits per heavy atom. The lowest BCUT2D eigenvalue weighted by Gasteiger charge is -2.14. The third kappa shape index (κ3) is 1.94. The van der Waals surface area contributed by atoms with Crippen LogP contribution in [0.4, 0.5) is 0 Å². The van der Waals surface area contributed by atoms with Crippen LogP contribution < -0.4 is 0 Å². The lowest BCUT2D eigenvalue weighted by molar-refractivity contribution is -0.140. The Morgan fingerprint density at radius 1 is 1.26 bits per heavy atom. The number of nitrogens with zero attached hydrogens (tertiary/aromatic N) is 1. The maximum absolute atomic E-state index is 11.3. The van der Waals surface area contributed by atoms with Gasteiger partial charge in [-0.1, -0.05) is 24.3 Å². The Bertz CT molecular complexity index is 728. The molecule has 1 N–H and O–H groups in total. The highest BCUT2D eigenvalue weighted by Gasteiger charge is 2.20. The number of aromatic nitrogens is 1. The van der Waals surface area contributed by atoms with Crippen molar-refractivity contribution in [1.82, 2.24) is 4.57 Å². The van der Waals surface area contributed by atoms with Crippen LogP contribution in [0.2, 0.25) is 0 Å². The van der Waals surface area contributed by atoms with Gasteiger partial charge in [0.15, 0.2) is 0 Å². The van der Waals surface area contributed by atoms with E-state index in [0.29, 0.717) is 0 Å². The van der Waals surface area contributed by atoms with E-state index in [4.69, 9.17) is 0 Å². The Kier molecular flexibility index (Phi) is 2.87. The van der Waals surface area contributed by atoms with Gasteiger partial charge in [0, 0.05) is 10.9 Å². The molecule has 2 aromatic heterocycles. The normalized spacial score (nSPS) is 12.7. The molecule has 19 heavy (non-hydrogen) atoms. The summed E-state index contributed by atoms with van der Waals surface area (Å²) >= 11 is 1.62. The third-order valence-corrected chi connectivity index (χ3v) is 4.16. The molecular weight excluding hydrogens is 258 g/mol. The van der Waals surface area contributed by atoms with Crippen LogP contribution in [-0.4, -0.2) is 15.6 Å². The number of carboxylic acids is 1. The number of aliphatic carboxylic acids is 1. The van der Waals surface area contributed by atoms with Gasteiger partial charge in [0.05, 0.1) is 10.6 Å². The number of para-hydroxylation sites is 1. The van der Waals surface area contributed by atoms with E-state index in [-0.39, 0.29) is 0 Å². The van der Waals surface area contributed by atoms with Crippen LogP contribution in [0.25, 0.3) is 21.5 Å². The van der Waals surface area contributed by atoms with E-state index >= 15 is 0 Å². The molecule has 0 saturated carbocycles. The molecule has 4 heteroatoms. The molecule has 1 aromatic carbocycles. The third-order valence-electron chi connectivity index (χ3n) is 3.27. The van der Waals surface area contributed by atoms with Crippen molar-refractivity contribution in [2.75, 3.05) is 0 Å². The first-order valence-corrected chi connectivity index (χ1v) is 6.93. The summed E-state index contributed by atoms with van der Waals surface area (Å²) in [7, 11) is 0. The fourth-order valence-electron chi connectivity index (χ4n) is 2.32. The lowest BCUT2D eigenvalue weighted by atomic mass is 10.2. The largest absolute Gasteiger partial charge is 0.480 e. The average molecular weight is 271 g/mol. The zero-order valence-electron chi connectivity index (χ0n) is 10.4. The van der Waals surface area contributed by atoms with Crippen molar-refractivity contribution >= 4 is 28.2 Å². The second-order valence-electron chi connectivity index (χ2n) is 4.45. The minimum atomic E-state index is -0.820. The maximum atomic E-state index is 11.3. The second-order valence-corrected chi connectivity index (χ2v) is 5.40. The van der Waals surface area contributed by atoms with E-state index in [9.17, 15) is 9.90 Å². The van der Waals surface area contributed by atoms with Gasteiger partial charge in [-0.3, -0.25) is 0 Å². The summed E-state index contributed by atoms with van der Waals surface area (Å²) in [5.41, 5.74) is 1.92. The standard InChI is InChI=1S/C15H13NO2S/c1-10(15(17)18)16-12-6-3-2-5-11(12)9-13(16)14-7-4-8-19-14/h2-10H,1H3,(H,17,18). The van der Waals surface area contributed by atoms with Crippen LogP contribution in [0, 0.1) is 0 Å². The Morgan fingerprint density at radius 3 is 2.74 bits per heavy atom. The number of rotatable bonds is 3. The van der Waals surface area contributed by atoms with Crippen molar-refractivity contribution in [2.24, 2.45) is 0 Å². The van der Waals surface area contributed by atoms with Crippen molar-refractivity contribution in [2.45, 2.75) is 13.0 Å². The molecule has 3 aromatic rings. The van der Waals surface area contributed by atoms with Crippen LogP contribution in [0.3, 0.4) is 0 Å². The molecule has 1 atom stereocenters. The van der Waals surface area contributed by atoms with Gasteiger partial charge in [0.2, 0.25) is 0 Å². The molecule has 3 rings (SSSR count). The Labute approximate surface area is 114 Å². The molecule has 0 aliphatic rings. The lowest BCUT2D eigenvalue weighted by Crippen LogP contribution is -2.16. The number of carboxylic acid groups (broad SMARTS) is 1. The van der Waals surface area contributed by atoms with Crippen LogP contribution in [-0.2, 0) is 4.79 Å². The molecule has 0 radical (unpaired) electrons. The van der Waals surface area contributed by atoms with Crippen LogP contribution >= 0.6 is 11.3 Å². The average Bonchev–Trinajstić information content (AvgIpc) is 3.04. The Balaban J connectivity index is 2.32. The first-order chi connectivity index (χ1) is 9.18. The number of thiophene rings is 1. The zero-order chi connectivity index (χ0) is 13.4. The first kappa shape index (κ1) is 12.0. The Hall–Kier alpha value is -2.07. The minimum absolute atomic E-state index is 0.586. The quantitative estimate of drug-likeness (QED) is 0.782. The highest BCUT2D eigenvalue weighted by Crippen LogP contribution is 2.33. The van der Waals surface area contributed by atoms with Gasteiger partial charge in [-0.25, -0.2) is 4.79 Å².